The van der Waals surface area contributed by atoms with E-state index in [0.29, 0.717) is 0 Å². The molecule has 1 aromatic heterocycles. The van der Waals surface area contributed by atoms with Crippen molar-refractivity contribution in [2.45, 2.75) is 25.3 Å². The monoisotopic (exact) mass is 226 g/mol. The van der Waals surface area contributed by atoms with E-state index in [1.165, 1.54) is 11.1 Å². The Morgan fingerprint density at radius 3 is 2.06 bits per heavy atom. The fraction of sp³-hybridized carbons (Fsp3) is 0.267. The summed E-state index contributed by atoms with van der Waals surface area (Å²) in [6.45, 7) is 2.10. The van der Waals surface area contributed by atoms with Gasteiger partial charge in [0, 0.05) is 17.9 Å². The second-order valence-electron chi connectivity index (χ2n) is 4.85. The summed E-state index contributed by atoms with van der Waals surface area (Å²) in [4.78, 5) is 4.02. The molecule has 2 aromatic rings. The van der Waals surface area contributed by atoms with Gasteiger partial charge in [-0.2, -0.15) is 0 Å². The molecular weight excluding hydrogens is 208 g/mol. The first kappa shape index (κ1) is 11.8. The highest BCUT2D eigenvalue weighted by Crippen LogP contribution is 2.15. The van der Waals surface area contributed by atoms with E-state index in [-0.39, 0.29) is 5.54 Å². The Labute approximate surface area is 103 Å². The molecule has 1 aromatic carbocycles. The van der Waals surface area contributed by atoms with E-state index in [0.717, 1.165) is 12.8 Å². The molecule has 0 spiro atoms. The first-order valence-electron chi connectivity index (χ1n) is 5.87. The molecule has 2 rings (SSSR count). The molecule has 0 saturated heterocycles. The van der Waals surface area contributed by atoms with Crippen LogP contribution in [0.25, 0.3) is 0 Å². The van der Waals surface area contributed by atoms with Crippen molar-refractivity contribution >= 4 is 0 Å². The first-order chi connectivity index (χ1) is 8.16. The summed E-state index contributed by atoms with van der Waals surface area (Å²) in [5, 5.41) is 0. The van der Waals surface area contributed by atoms with E-state index < -0.39 is 0 Å². The van der Waals surface area contributed by atoms with E-state index >= 15 is 0 Å². The molecule has 0 bridgehead atoms. The molecular formula is C15H18N2. The summed E-state index contributed by atoms with van der Waals surface area (Å²) in [5.41, 5.74) is 8.66. The van der Waals surface area contributed by atoms with Gasteiger partial charge in [-0.3, -0.25) is 4.98 Å². The zero-order chi connectivity index (χ0) is 12.1. The molecule has 88 valence electrons. The highest BCUT2D eigenvalue weighted by molar-refractivity contribution is 5.20. The summed E-state index contributed by atoms with van der Waals surface area (Å²) < 4.78 is 0. The Kier molecular flexibility index (Phi) is 3.55. The topological polar surface area (TPSA) is 38.9 Å². The smallest absolute Gasteiger partial charge is 0.0270 e. The Bertz CT molecular complexity index is 405. The third-order valence-electron chi connectivity index (χ3n) is 2.81. The normalized spacial score (nSPS) is 14.2. The summed E-state index contributed by atoms with van der Waals surface area (Å²) in [6.07, 6.45) is 5.38. The van der Waals surface area contributed by atoms with Crippen molar-refractivity contribution in [2.24, 2.45) is 5.73 Å². The summed E-state index contributed by atoms with van der Waals surface area (Å²) in [7, 11) is 0. The minimum Gasteiger partial charge on any atom is -0.325 e. The Morgan fingerprint density at radius 2 is 1.47 bits per heavy atom. The van der Waals surface area contributed by atoms with Crippen molar-refractivity contribution in [1.29, 1.82) is 0 Å². The maximum atomic E-state index is 6.36. The molecule has 1 heterocycles. The van der Waals surface area contributed by atoms with E-state index in [1.54, 1.807) is 0 Å². The second-order valence-corrected chi connectivity index (χ2v) is 4.85. The quantitative estimate of drug-likeness (QED) is 0.870. The van der Waals surface area contributed by atoms with Gasteiger partial charge in [-0.1, -0.05) is 30.3 Å². The molecule has 2 nitrogen and oxygen atoms in total. The zero-order valence-electron chi connectivity index (χ0n) is 10.1. The predicted molar refractivity (Wildman–Crippen MR) is 70.7 cm³/mol. The zero-order valence-corrected chi connectivity index (χ0v) is 10.1. The van der Waals surface area contributed by atoms with Gasteiger partial charge in [-0.25, -0.2) is 0 Å². The van der Waals surface area contributed by atoms with Crippen LogP contribution in [0.4, 0.5) is 0 Å². The minimum atomic E-state index is -0.220. The number of hydrogen-bond acceptors (Lipinski definition) is 2. The average molecular weight is 226 g/mol. The van der Waals surface area contributed by atoms with Crippen LogP contribution in [0.15, 0.2) is 54.9 Å². The number of aromatic nitrogens is 1. The molecule has 0 aliphatic carbocycles. The molecule has 0 saturated carbocycles. The number of hydrogen-bond donors (Lipinski definition) is 1. The number of benzene rings is 1. The molecule has 0 fully saturated rings. The van der Waals surface area contributed by atoms with Crippen molar-refractivity contribution < 1.29 is 0 Å². The van der Waals surface area contributed by atoms with Gasteiger partial charge in [0.2, 0.25) is 0 Å². The second kappa shape index (κ2) is 5.11. The largest absolute Gasteiger partial charge is 0.325 e. The van der Waals surface area contributed by atoms with Crippen LogP contribution in [0.3, 0.4) is 0 Å². The molecule has 0 aliphatic heterocycles. The maximum Gasteiger partial charge on any atom is 0.0270 e. The molecule has 0 radical (unpaired) electrons. The number of nitrogens with zero attached hydrogens (tertiary/aromatic N) is 1. The van der Waals surface area contributed by atoms with Crippen molar-refractivity contribution in [3.63, 3.8) is 0 Å². The molecule has 17 heavy (non-hydrogen) atoms. The van der Waals surface area contributed by atoms with Crippen LogP contribution in [-0.2, 0) is 12.8 Å². The average Bonchev–Trinajstić information content (AvgIpc) is 2.30. The van der Waals surface area contributed by atoms with Crippen LogP contribution in [0.2, 0.25) is 0 Å². The van der Waals surface area contributed by atoms with Crippen LogP contribution in [0.1, 0.15) is 18.1 Å². The standard InChI is InChI=1S/C15H18N2/c1-15(16,11-13-5-3-2-4-6-13)12-14-7-9-17-10-8-14/h2-10H,11-12,16H2,1H3. The molecule has 1 atom stereocenters. The Morgan fingerprint density at radius 1 is 0.941 bits per heavy atom. The van der Waals surface area contributed by atoms with Gasteiger partial charge in [0.05, 0.1) is 0 Å². The van der Waals surface area contributed by atoms with Crippen molar-refractivity contribution in [2.75, 3.05) is 0 Å². The third-order valence-corrected chi connectivity index (χ3v) is 2.81. The number of rotatable bonds is 4. The number of nitrogens with two attached hydrogens (primary N) is 1. The maximum absolute atomic E-state index is 6.36. The predicted octanol–water partition coefficient (Wildman–Crippen LogP) is 2.58. The van der Waals surface area contributed by atoms with Crippen LogP contribution in [0.5, 0.6) is 0 Å². The number of pyridine rings is 1. The van der Waals surface area contributed by atoms with E-state index in [2.05, 4.69) is 36.2 Å². The lowest BCUT2D eigenvalue weighted by atomic mass is 9.88. The van der Waals surface area contributed by atoms with Gasteiger partial charge in [-0.15, -0.1) is 0 Å². The fourth-order valence-electron chi connectivity index (χ4n) is 2.09. The Hall–Kier alpha value is -1.67. The molecule has 0 amide bonds. The highest BCUT2D eigenvalue weighted by Gasteiger charge is 2.19. The first-order valence-corrected chi connectivity index (χ1v) is 5.87. The van der Waals surface area contributed by atoms with Gasteiger partial charge >= 0.3 is 0 Å². The van der Waals surface area contributed by atoms with Gasteiger partial charge in [0.1, 0.15) is 0 Å². The van der Waals surface area contributed by atoms with Crippen LogP contribution in [-0.4, -0.2) is 10.5 Å². The Balaban J connectivity index is 2.04. The van der Waals surface area contributed by atoms with E-state index in [4.69, 9.17) is 5.73 Å². The van der Waals surface area contributed by atoms with E-state index in [1.807, 2.05) is 30.6 Å². The van der Waals surface area contributed by atoms with Gasteiger partial charge in [0.25, 0.3) is 0 Å². The van der Waals surface area contributed by atoms with Crippen molar-refractivity contribution in [3.8, 4) is 0 Å². The molecule has 2 N–H and O–H groups in total. The molecule has 0 aliphatic rings. The van der Waals surface area contributed by atoms with Gasteiger partial charge < -0.3 is 5.73 Å². The van der Waals surface area contributed by atoms with Crippen LogP contribution >= 0.6 is 0 Å². The fourth-order valence-corrected chi connectivity index (χ4v) is 2.09. The van der Waals surface area contributed by atoms with Crippen molar-refractivity contribution in [3.05, 3.63) is 66.0 Å². The minimum absolute atomic E-state index is 0.220. The third kappa shape index (κ3) is 3.68. The summed E-state index contributed by atoms with van der Waals surface area (Å²) in [5.74, 6) is 0. The van der Waals surface area contributed by atoms with Gasteiger partial charge in [0.15, 0.2) is 0 Å². The van der Waals surface area contributed by atoms with Crippen LogP contribution in [0, 0.1) is 0 Å². The SMILES string of the molecule is CC(N)(Cc1ccccc1)Cc1ccncc1. The lowest BCUT2D eigenvalue weighted by molar-refractivity contribution is 0.463. The van der Waals surface area contributed by atoms with Crippen LogP contribution < -0.4 is 5.73 Å². The van der Waals surface area contributed by atoms with Gasteiger partial charge in [-0.05, 0) is 43.0 Å². The lowest BCUT2D eigenvalue weighted by Crippen LogP contribution is -2.40. The molecule has 2 heteroatoms. The highest BCUT2D eigenvalue weighted by atomic mass is 14.7. The molecule has 1 unspecified atom stereocenters. The summed E-state index contributed by atoms with van der Waals surface area (Å²) >= 11 is 0. The summed E-state index contributed by atoms with van der Waals surface area (Å²) in [6, 6.07) is 14.4. The lowest BCUT2D eigenvalue weighted by Gasteiger charge is -2.24. The van der Waals surface area contributed by atoms with Crippen molar-refractivity contribution in [1.82, 2.24) is 4.98 Å². The van der Waals surface area contributed by atoms with E-state index in [9.17, 15) is 0 Å².